The van der Waals surface area contributed by atoms with Crippen LogP contribution in [0.2, 0.25) is 0 Å². The summed E-state index contributed by atoms with van der Waals surface area (Å²) < 4.78 is 0. The van der Waals surface area contributed by atoms with Crippen molar-refractivity contribution in [2.45, 2.75) is 45.4 Å². The summed E-state index contributed by atoms with van der Waals surface area (Å²) in [5.41, 5.74) is 1.18. The number of carboxylic acids is 1. The van der Waals surface area contributed by atoms with E-state index in [-0.39, 0.29) is 23.9 Å². The zero-order valence-electron chi connectivity index (χ0n) is 13.9. The first-order chi connectivity index (χ1) is 11.5. The number of hydrogen-bond acceptors (Lipinski definition) is 3. The molecule has 2 rings (SSSR count). The summed E-state index contributed by atoms with van der Waals surface area (Å²) in [5, 5.41) is 14.3. The molecule has 6 nitrogen and oxygen atoms in total. The van der Waals surface area contributed by atoms with Gasteiger partial charge < -0.3 is 15.7 Å². The molecule has 3 N–H and O–H groups in total. The van der Waals surface area contributed by atoms with Crippen molar-refractivity contribution in [3.63, 3.8) is 0 Å². The summed E-state index contributed by atoms with van der Waals surface area (Å²) in [5.74, 6) is -0.882. The smallest absolute Gasteiger partial charge is 0.336 e. The van der Waals surface area contributed by atoms with Crippen molar-refractivity contribution >= 4 is 23.5 Å². The third-order valence-electron chi connectivity index (χ3n) is 4.45. The Hall–Kier alpha value is -2.37. The fourth-order valence-corrected chi connectivity index (χ4v) is 3.04. The van der Waals surface area contributed by atoms with Crippen LogP contribution in [0.5, 0.6) is 0 Å². The number of carbonyl (C=O) groups excluding carboxylic acids is 2. The molecule has 0 saturated heterocycles. The van der Waals surface area contributed by atoms with Crippen LogP contribution in [-0.2, 0) is 9.59 Å². The van der Waals surface area contributed by atoms with E-state index in [1.807, 2.05) is 0 Å². The molecule has 1 saturated carbocycles. The Morgan fingerprint density at radius 2 is 1.88 bits per heavy atom. The van der Waals surface area contributed by atoms with Gasteiger partial charge in [-0.2, -0.15) is 0 Å². The van der Waals surface area contributed by atoms with Gasteiger partial charge in [0, 0.05) is 12.1 Å². The average Bonchev–Trinajstić information content (AvgIpc) is 3.06. The van der Waals surface area contributed by atoms with Gasteiger partial charge in [-0.3, -0.25) is 9.59 Å². The summed E-state index contributed by atoms with van der Waals surface area (Å²) in [6, 6.07) is 4.69. The zero-order valence-corrected chi connectivity index (χ0v) is 13.9. The van der Waals surface area contributed by atoms with Crippen molar-refractivity contribution in [1.29, 1.82) is 0 Å². The third kappa shape index (κ3) is 5.37. The van der Waals surface area contributed by atoms with Gasteiger partial charge >= 0.3 is 5.97 Å². The molecule has 1 aliphatic rings. The lowest BCUT2D eigenvalue weighted by atomic mass is 10.0. The van der Waals surface area contributed by atoms with Gasteiger partial charge in [-0.05, 0) is 37.0 Å². The summed E-state index contributed by atoms with van der Waals surface area (Å²) in [6.45, 7) is 1.58. The molecule has 1 fully saturated rings. The predicted molar refractivity (Wildman–Crippen MR) is 91.0 cm³/mol. The van der Waals surface area contributed by atoms with Gasteiger partial charge in [0.1, 0.15) is 0 Å². The largest absolute Gasteiger partial charge is 0.478 e. The number of hydrogen-bond donors (Lipinski definition) is 3. The number of anilines is 1. The zero-order chi connectivity index (χ0) is 17.5. The maximum absolute atomic E-state index is 11.9. The average molecular weight is 332 g/mol. The van der Waals surface area contributed by atoms with Gasteiger partial charge in [-0.1, -0.05) is 31.7 Å². The molecule has 0 radical (unpaired) electrons. The summed E-state index contributed by atoms with van der Waals surface area (Å²) in [4.78, 5) is 34.7. The van der Waals surface area contributed by atoms with Crippen LogP contribution in [-0.4, -0.2) is 29.4 Å². The number of rotatable bonds is 7. The number of aryl methyl sites for hydroxylation is 1. The Balaban J connectivity index is 1.75. The first-order valence-corrected chi connectivity index (χ1v) is 8.36. The molecule has 0 bridgehead atoms. The minimum Gasteiger partial charge on any atom is -0.478 e. The van der Waals surface area contributed by atoms with Crippen molar-refractivity contribution < 1.29 is 19.5 Å². The Bertz CT molecular complexity index is 621. The van der Waals surface area contributed by atoms with E-state index in [2.05, 4.69) is 10.6 Å². The molecule has 0 unspecified atom stereocenters. The minimum absolute atomic E-state index is 0.111. The summed E-state index contributed by atoms with van der Waals surface area (Å²) >= 11 is 0. The molecule has 24 heavy (non-hydrogen) atoms. The SMILES string of the molecule is Cc1ccc(NC(=O)CNC(=O)CCC2CCCC2)cc1C(=O)O. The maximum Gasteiger partial charge on any atom is 0.336 e. The minimum atomic E-state index is -1.04. The second kappa shape index (κ2) is 8.47. The van der Waals surface area contributed by atoms with Crippen LogP contribution in [0.1, 0.15) is 54.4 Å². The highest BCUT2D eigenvalue weighted by Crippen LogP contribution is 2.28. The van der Waals surface area contributed by atoms with Crippen molar-refractivity contribution in [2.24, 2.45) is 5.92 Å². The van der Waals surface area contributed by atoms with Crippen LogP contribution >= 0.6 is 0 Å². The third-order valence-corrected chi connectivity index (χ3v) is 4.45. The molecule has 130 valence electrons. The lowest BCUT2D eigenvalue weighted by Crippen LogP contribution is -2.32. The summed E-state index contributed by atoms with van der Waals surface area (Å²) in [6.07, 6.45) is 6.24. The van der Waals surface area contributed by atoms with E-state index >= 15 is 0 Å². The normalized spacial score (nSPS) is 14.4. The Morgan fingerprint density at radius 3 is 2.54 bits per heavy atom. The van der Waals surface area contributed by atoms with Gasteiger partial charge in [0.05, 0.1) is 12.1 Å². The van der Waals surface area contributed by atoms with E-state index in [1.165, 1.54) is 31.7 Å². The van der Waals surface area contributed by atoms with Crippen LogP contribution in [0.25, 0.3) is 0 Å². The highest BCUT2D eigenvalue weighted by Gasteiger charge is 2.16. The molecule has 6 heteroatoms. The Labute approximate surface area is 141 Å². The molecule has 0 aromatic heterocycles. The first kappa shape index (κ1) is 18.0. The molecular formula is C18H24N2O4. The molecule has 1 aromatic carbocycles. The van der Waals surface area contributed by atoms with Crippen LogP contribution in [0.4, 0.5) is 5.69 Å². The molecule has 0 spiro atoms. The number of benzene rings is 1. The van der Waals surface area contributed by atoms with Crippen molar-refractivity contribution in [2.75, 3.05) is 11.9 Å². The summed E-state index contributed by atoms with van der Waals surface area (Å²) in [7, 11) is 0. The standard InChI is InChI=1S/C18H24N2O4/c1-12-6-8-14(10-15(12)18(23)24)20-17(22)11-19-16(21)9-7-13-4-2-3-5-13/h6,8,10,13H,2-5,7,9,11H2,1H3,(H,19,21)(H,20,22)(H,23,24). The Kier molecular flexibility index (Phi) is 6.35. The second-order valence-electron chi connectivity index (χ2n) is 6.35. The highest BCUT2D eigenvalue weighted by molar-refractivity contribution is 5.96. The number of nitrogens with one attached hydrogen (secondary N) is 2. The van der Waals surface area contributed by atoms with E-state index in [1.54, 1.807) is 19.1 Å². The molecule has 1 aliphatic carbocycles. The maximum atomic E-state index is 11.9. The molecule has 1 aromatic rings. The molecular weight excluding hydrogens is 308 g/mol. The highest BCUT2D eigenvalue weighted by atomic mass is 16.4. The fourth-order valence-electron chi connectivity index (χ4n) is 3.04. The van der Waals surface area contributed by atoms with Gasteiger partial charge in [-0.25, -0.2) is 4.79 Å². The van der Waals surface area contributed by atoms with Crippen LogP contribution in [0.3, 0.4) is 0 Å². The quantitative estimate of drug-likeness (QED) is 0.715. The van der Waals surface area contributed by atoms with Gasteiger partial charge in [0.25, 0.3) is 0 Å². The van der Waals surface area contributed by atoms with Crippen molar-refractivity contribution in [1.82, 2.24) is 5.32 Å². The molecule has 0 heterocycles. The van der Waals surface area contributed by atoms with E-state index in [0.29, 0.717) is 23.6 Å². The van der Waals surface area contributed by atoms with Crippen molar-refractivity contribution in [3.05, 3.63) is 29.3 Å². The van der Waals surface area contributed by atoms with Crippen LogP contribution < -0.4 is 10.6 Å². The first-order valence-electron chi connectivity index (χ1n) is 8.36. The number of amides is 2. The van der Waals surface area contributed by atoms with E-state index in [0.717, 1.165) is 6.42 Å². The number of carboxylic acid groups (broad SMARTS) is 1. The Morgan fingerprint density at radius 1 is 1.17 bits per heavy atom. The van der Waals surface area contributed by atoms with E-state index < -0.39 is 5.97 Å². The monoisotopic (exact) mass is 332 g/mol. The lowest BCUT2D eigenvalue weighted by Gasteiger charge is -2.10. The number of carbonyl (C=O) groups is 3. The van der Waals surface area contributed by atoms with Gasteiger partial charge in [-0.15, -0.1) is 0 Å². The predicted octanol–water partition coefficient (Wildman–Crippen LogP) is 2.72. The van der Waals surface area contributed by atoms with Crippen LogP contribution in [0, 0.1) is 12.8 Å². The van der Waals surface area contributed by atoms with Gasteiger partial charge in [0.2, 0.25) is 11.8 Å². The van der Waals surface area contributed by atoms with E-state index in [9.17, 15) is 14.4 Å². The number of aromatic carboxylic acids is 1. The van der Waals surface area contributed by atoms with E-state index in [4.69, 9.17) is 5.11 Å². The van der Waals surface area contributed by atoms with Crippen LogP contribution in [0.15, 0.2) is 18.2 Å². The fraction of sp³-hybridized carbons (Fsp3) is 0.500. The molecule has 0 atom stereocenters. The lowest BCUT2D eigenvalue weighted by molar-refractivity contribution is -0.124. The second-order valence-corrected chi connectivity index (χ2v) is 6.35. The van der Waals surface area contributed by atoms with Gasteiger partial charge in [0.15, 0.2) is 0 Å². The van der Waals surface area contributed by atoms with Crippen molar-refractivity contribution in [3.8, 4) is 0 Å². The molecule has 0 aliphatic heterocycles. The topological polar surface area (TPSA) is 95.5 Å². The molecule has 2 amide bonds.